The molecule has 0 aromatic heterocycles. The molecule has 0 radical (unpaired) electrons. The van der Waals surface area contributed by atoms with Gasteiger partial charge in [-0.05, 0) is 52.7 Å². The second-order valence-corrected chi connectivity index (χ2v) is 7.99. The normalized spacial score (nSPS) is 19.4. The molecule has 0 fully saturated rings. The van der Waals surface area contributed by atoms with Crippen LogP contribution in [0.2, 0.25) is 0 Å². The molecule has 0 amide bonds. The van der Waals surface area contributed by atoms with Gasteiger partial charge in [0.15, 0.2) is 0 Å². The van der Waals surface area contributed by atoms with Crippen LogP contribution in [0.5, 0.6) is 11.5 Å². The zero-order valence-corrected chi connectivity index (χ0v) is 17.2. The van der Waals surface area contributed by atoms with E-state index in [-0.39, 0.29) is 12.3 Å². The average Bonchev–Trinajstić information content (AvgIpc) is 3.29. The number of nitrogens with zero attached hydrogens (tertiary/aromatic N) is 2. The third-order valence-electron chi connectivity index (χ3n) is 6.18. The molecule has 2 aliphatic heterocycles. The van der Waals surface area contributed by atoms with Crippen molar-refractivity contribution >= 4 is 16.5 Å². The molecule has 0 N–H and O–H groups in total. The van der Waals surface area contributed by atoms with E-state index in [0.29, 0.717) is 0 Å². The Morgan fingerprint density at radius 3 is 2.48 bits per heavy atom. The quantitative estimate of drug-likeness (QED) is 0.413. The number of para-hydroxylation sites is 1. The zero-order chi connectivity index (χ0) is 20.8. The molecule has 0 saturated heterocycles. The first kappa shape index (κ1) is 18.0. The number of hydrogen-bond acceptors (Lipinski definition) is 4. The Bertz CT molecular complexity index is 1300. The second kappa shape index (κ2) is 7.17. The number of methoxy groups -OCH3 is 1. The maximum absolute atomic E-state index is 6.44. The molecular formula is C27H22N2O2. The van der Waals surface area contributed by atoms with Gasteiger partial charge >= 0.3 is 0 Å². The monoisotopic (exact) mass is 406 g/mol. The van der Waals surface area contributed by atoms with Crippen molar-refractivity contribution in [1.29, 1.82) is 0 Å². The lowest BCUT2D eigenvalue weighted by molar-refractivity contribution is -0.0190. The maximum atomic E-state index is 6.44. The minimum atomic E-state index is -0.274. The Morgan fingerprint density at radius 1 is 0.871 bits per heavy atom. The van der Waals surface area contributed by atoms with Gasteiger partial charge in [-0.3, -0.25) is 0 Å². The maximum Gasteiger partial charge on any atom is 0.213 e. The molecule has 4 aromatic carbocycles. The van der Waals surface area contributed by atoms with Crippen LogP contribution in [0, 0.1) is 0 Å². The molecule has 0 bridgehead atoms. The van der Waals surface area contributed by atoms with Crippen LogP contribution in [-0.2, 0) is 0 Å². The molecule has 0 unspecified atom stereocenters. The first-order valence-electron chi connectivity index (χ1n) is 10.5. The van der Waals surface area contributed by atoms with E-state index in [1.165, 1.54) is 21.9 Å². The Hall–Kier alpha value is -3.79. The lowest BCUT2D eigenvalue weighted by Crippen LogP contribution is -2.33. The number of rotatable bonds is 3. The van der Waals surface area contributed by atoms with E-state index >= 15 is 0 Å². The van der Waals surface area contributed by atoms with E-state index in [9.17, 15) is 0 Å². The lowest BCUT2D eigenvalue weighted by Gasteiger charge is -2.38. The molecule has 0 aliphatic carbocycles. The minimum absolute atomic E-state index is 0.151. The molecule has 4 nitrogen and oxygen atoms in total. The van der Waals surface area contributed by atoms with Gasteiger partial charge in [0.2, 0.25) is 6.23 Å². The summed E-state index contributed by atoms with van der Waals surface area (Å²) in [6.45, 7) is 0. The van der Waals surface area contributed by atoms with Crippen LogP contribution in [0.1, 0.15) is 35.4 Å². The molecule has 2 aliphatic rings. The van der Waals surface area contributed by atoms with Crippen molar-refractivity contribution in [3.63, 3.8) is 0 Å². The Kier molecular flexibility index (Phi) is 4.17. The van der Waals surface area contributed by atoms with E-state index in [2.05, 4.69) is 77.8 Å². The molecule has 2 heterocycles. The number of hydrazone groups is 1. The average molecular weight is 406 g/mol. The summed E-state index contributed by atoms with van der Waals surface area (Å²) in [5.74, 6) is 1.76. The molecule has 0 saturated carbocycles. The first-order valence-corrected chi connectivity index (χ1v) is 10.5. The standard InChI is InChI=1S/C27H22N2O2/c1-30-22-14-12-19(13-15-22)27-29-25(23-8-4-5-9-26(23)31-27)17-24(28-29)21-11-10-18-6-2-3-7-20(18)16-21/h2-16,25,27H,17H2,1H3/t25-,27-/m0/s1. The van der Waals surface area contributed by atoms with Crippen molar-refractivity contribution in [1.82, 2.24) is 5.01 Å². The number of hydrogen-bond donors (Lipinski definition) is 0. The first-order chi connectivity index (χ1) is 15.3. The van der Waals surface area contributed by atoms with Gasteiger partial charge in [-0.2, -0.15) is 5.10 Å². The molecule has 6 rings (SSSR count). The smallest absolute Gasteiger partial charge is 0.213 e. The van der Waals surface area contributed by atoms with Crippen molar-refractivity contribution in [2.24, 2.45) is 5.10 Å². The fourth-order valence-electron chi connectivity index (χ4n) is 4.57. The Labute approximate surface area is 181 Å². The van der Waals surface area contributed by atoms with Crippen molar-refractivity contribution in [2.75, 3.05) is 7.11 Å². The summed E-state index contributed by atoms with van der Waals surface area (Å²) in [5, 5.41) is 9.68. The van der Waals surface area contributed by atoms with Gasteiger partial charge in [-0.15, -0.1) is 0 Å². The Morgan fingerprint density at radius 2 is 1.65 bits per heavy atom. The second-order valence-electron chi connectivity index (χ2n) is 7.99. The lowest BCUT2D eigenvalue weighted by atomic mass is 9.95. The van der Waals surface area contributed by atoms with Crippen LogP contribution < -0.4 is 9.47 Å². The summed E-state index contributed by atoms with van der Waals surface area (Å²) < 4.78 is 11.8. The number of ether oxygens (including phenoxy) is 2. The van der Waals surface area contributed by atoms with Gasteiger partial charge in [-0.1, -0.05) is 54.6 Å². The molecule has 2 atom stereocenters. The predicted molar refractivity (Wildman–Crippen MR) is 122 cm³/mol. The van der Waals surface area contributed by atoms with E-state index < -0.39 is 0 Å². The van der Waals surface area contributed by atoms with Gasteiger partial charge in [0.05, 0.1) is 18.9 Å². The van der Waals surface area contributed by atoms with E-state index in [1.54, 1.807) is 7.11 Å². The fraction of sp³-hybridized carbons (Fsp3) is 0.148. The van der Waals surface area contributed by atoms with Crippen molar-refractivity contribution in [2.45, 2.75) is 18.7 Å². The largest absolute Gasteiger partial charge is 0.497 e. The zero-order valence-electron chi connectivity index (χ0n) is 17.2. The highest BCUT2D eigenvalue weighted by atomic mass is 16.5. The molecule has 4 aromatic rings. The highest BCUT2D eigenvalue weighted by molar-refractivity contribution is 6.04. The van der Waals surface area contributed by atoms with Crippen molar-refractivity contribution < 1.29 is 9.47 Å². The van der Waals surface area contributed by atoms with Crippen LogP contribution in [-0.4, -0.2) is 17.8 Å². The summed E-state index contributed by atoms with van der Waals surface area (Å²) in [7, 11) is 1.68. The third-order valence-corrected chi connectivity index (χ3v) is 6.18. The van der Waals surface area contributed by atoms with Gasteiger partial charge in [0, 0.05) is 17.5 Å². The SMILES string of the molecule is COc1ccc([C@@H]2Oc3ccccc3[C@@H]3CC(c4ccc5ccccc5c4)=NN32)cc1. The van der Waals surface area contributed by atoms with Gasteiger partial charge < -0.3 is 9.47 Å². The van der Waals surface area contributed by atoms with Crippen molar-refractivity contribution in [3.8, 4) is 11.5 Å². The topological polar surface area (TPSA) is 34.1 Å². The summed E-state index contributed by atoms with van der Waals surface area (Å²) in [4.78, 5) is 0. The summed E-state index contributed by atoms with van der Waals surface area (Å²) in [5.41, 5.74) is 4.50. The van der Waals surface area contributed by atoms with Gasteiger partial charge in [-0.25, -0.2) is 5.01 Å². The van der Waals surface area contributed by atoms with Crippen molar-refractivity contribution in [3.05, 3.63) is 108 Å². The van der Waals surface area contributed by atoms with Crippen LogP contribution in [0.3, 0.4) is 0 Å². The van der Waals surface area contributed by atoms with Crippen LogP contribution in [0.4, 0.5) is 0 Å². The summed E-state index contributed by atoms with van der Waals surface area (Å²) in [6.07, 6.45) is 0.578. The number of benzene rings is 4. The molecule has 4 heteroatoms. The highest BCUT2D eigenvalue weighted by Crippen LogP contribution is 2.47. The van der Waals surface area contributed by atoms with E-state index in [1.807, 2.05) is 18.2 Å². The third kappa shape index (κ3) is 3.03. The van der Waals surface area contributed by atoms with Gasteiger partial charge in [0.25, 0.3) is 0 Å². The summed E-state index contributed by atoms with van der Waals surface area (Å²) in [6, 6.07) is 31.5. The van der Waals surface area contributed by atoms with E-state index in [4.69, 9.17) is 14.6 Å². The molecule has 0 spiro atoms. The fourth-order valence-corrected chi connectivity index (χ4v) is 4.57. The van der Waals surface area contributed by atoms with Crippen LogP contribution in [0.25, 0.3) is 10.8 Å². The van der Waals surface area contributed by atoms with Gasteiger partial charge in [0.1, 0.15) is 11.5 Å². The van der Waals surface area contributed by atoms with Crippen LogP contribution in [0.15, 0.2) is 96.1 Å². The Balaban J connectivity index is 1.43. The predicted octanol–water partition coefficient (Wildman–Crippen LogP) is 6.09. The minimum Gasteiger partial charge on any atom is -0.497 e. The van der Waals surface area contributed by atoms with Crippen LogP contribution >= 0.6 is 0 Å². The molecule has 152 valence electrons. The van der Waals surface area contributed by atoms with E-state index in [0.717, 1.165) is 29.2 Å². The molecule has 31 heavy (non-hydrogen) atoms. The highest BCUT2D eigenvalue weighted by Gasteiger charge is 2.40. The summed E-state index contributed by atoms with van der Waals surface area (Å²) >= 11 is 0. The number of fused-ring (bicyclic) bond motifs is 4. The molecular weight excluding hydrogens is 384 g/mol.